The molecule has 2 aromatic rings. The molecule has 0 bridgehead atoms. The first kappa shape index (κ1) is 15.9. The van der Waals surface area contributed by atoms with Crippen LogP contribution in [-0.2, 0) is 6.54 Å². The van der Waals surface area contributed by atoms with Crippen LogP contribution in [0.4, 0.5) is 5.69 Å². The van der Waals surface area contributed by atoms with Gasteiger partial charge < -0.3 is 15.4 Å². The molecule has 0 heterocycles. The summed E-state index contributed by atoms with van der Waals surface area (Å²) in [6.07, 6.45) is 0.974. The van der Waals surface area contributed by atoms with Crippen molar-refractivity contribution < 1.29 is 4.74 Å². The van der Waals surface area contributed by atoms with Crippen LogP contribution in [0.15, 0.2) is 53.0 Å². The number of anilines is 1. The summed E-state index contributed by atoms with van der Waals surface area (Å²) in [5.74, 6) is 0.771. The minimum atomic E-state index is 0.679. The average molecular weight is 349 g/mol. The number of rotatable bonds is 7. The fourth-order valence-corrected chi connectivity index (χ4v) is 2.37. The highest BCUT2D eigenvalue weighted by Gasteiger charge is 2.02. The van der Waals surface area contributed by atoms with E-state index in [0.29, 0.717) is 12.3 Å². The summed E-state index contributed by atoms with van der Waals surface area (Å²) in [5.41, 5.74) is 7.85. The molecule has 0 saturated carbocycles. The van der Waals surface area contributed by atoms with Crippen LogP contribution in [0.25, 0.3) is 0 Å². The number of nitrogen functional groups attached to an aromatic ring is 1. The summed E-state index contributed by atoms with van der Waals surface area (Å²) in [7, 11) is 2.12. The molecule has 0 saturated heterocycles. The molecule has 112 valence electrons. The third-order valence-electron chi connectivity index (χ3n) is 3.23. The van der Waals surface area contributed by atoms with Crippen LogP contribution in [0.5, 0.6) is 5.75 Å². The first-order valence-electron chi connectivity index (χ1n) is 7.05. The molecule has 0 aliphatic carbocycles. The first-order chi connectivity index (χ1) is 10.1. The van der Waals surface area contributed by atoms with Crippen LogP contribution in [0, 0.1) is 0 Å². The molecular formula is C17H21BrN2O. The smallest absolute Gasteiger partial charge is 0.142 e. The number of halogens is 1. The minimum absolute atomic E-state index is 0.679. The summed E-state index contributed by atoms with van der Waals surface area (Å²) in [5, 5.41) is 0. The van der Waals surface area contributed by atoms with Gasteiger partial charge in [0, 0.05) is 17.6 Å². The first-order valence-corrected chi connectivity index (χ1v) is 7.85. The molecule has 0 aromatic heterocycles. The van der Waals surface area contributed by atoms with Crippen LogP contribution in [0.3, 0.4) is 0 Å². The molecule has 2 rings (SSSR count). The van der Waals surface area contributed by atoms with E-state index in [-0.39, 0.29) is 0 Å². The van der Waals surface area contributed by atoms with Crippen molar-refractivity contribution in [3.8, 4) is 5.75 Å². The second kappa shape index (κ2) is 8.05. The van der Waals surface area contributed by atoms with Crippen LogP contribution in [0.1, 0.15) is 12.0 Å². The van der Waals surface area contributed by atoms with E-state index in [1.165, 1.54) is 5.56 Å². The maximum absolute atomic E-state index is 5.84. The normalized spacial score (nSPS) is 10.8. The van der Waals surface area contributed by atoms with Crippen molar-refractivity contribution in [3.05, 3.63) is 58.6 Å². The number of hydrogen-bond donors (Lipinski definition) is 1. The number of nitrogens with zero attached hydrogens (tertiary/aromatic N) is 1. The monoisotopic (exact) mass is 348 g/mol. The molecule has 0 amide bonds. The van der Waals surface area contributed by atoms with E-state index in [0.717, 1.165) is 29.7 Å². The number of benzene rings is 2. The zero-order valence-electron chi connectivity index (χ0n) is 12.3. The Morgan fingerprint density at radius 2 is 1.81 bits per heavy atom. The van der Waals surface area contributed by atoms with Gasteiger partial charge >= 0.3 is 0 Å². The Balaban J connectivity index is 1.68. The van der Waals surface area contributed by atoms with Crippen molar-refractivity contribution in [2.45, 2.75) is 13.0 Å². The molecule has 0 aliphatic heterocycles. The van der Waals surface area contributed by atoms with Gasteiger partial charge in [0.15, 0.2) is 0 Å². The van der Waals surface area contributed by atoms with E-state index in [1.54, 1.807) is 0 Å². The predicted octanol–water partition coefficient (Wildman–Crippen LogP) is 3.93. The molecule has 0 aliphatic rings. The van der Waals surface area contributed by atoms with Crippen molar-refractivity contribution in [3.63, 3.8) is 0 Å². The van der Waals surface area contributed by atoms with Gasteiger partial charge in [-0.3, -0.25) is 0 Å². The second-order valence-electron chi connectivity index (χ2n) is 5.10. The van der Waals surface area contributed by atoms with Gasteiger partial charge in [0.1, 0.15) is 5.75 Å². The van der Waals surface area contributed by atoms with E-state index in [2.05, 4.69) is 52.1 Å². The van der Waals surface area contributed by atoms with Gasteiger partial charge in [-0.25, -0.2) is 0 Å². The van der Waals surface area contributed by atoms with Gasteiger partial charge in [0.25, 0.3) is 0 Å². The lowest BCUT2D eigenvalue weighted by atomic mass is 10.2. The fraction of sp³-hybridized carbons (Fsp3) is 0.294. The molecule has 3 nitrogen and oxygen atoms in total. The number of nitrogens with two attached hydrogens (primary N) is 1. The Kier molecular flexibility index (Phi) is 6.08. The van der Waals surface area contributed by atoms with E-state index in [1.807, 2.05) is 24.3 Å². The standard InChI is InChI=1S/C17H21BrN2O/c1-20(13-14-7-9-15(18)10-8-14)11-4-12-21-17-6-3-2-5-16(17)19/h2-3,5-10H,4,11-13,19H2,1H3. The summed E-state index contributed by atoms with van der Waals surface area (Å²) in [6.45, 7) is 2.61. The molecular weight excluding hydrogens is 328 g/mol. The summed E-state index contributed by atoms with van der Waals surface area (Å²) in [4.78, 5) is 2.29. The lowest BCUT2D eigenvalue weighted by Crippen LogP contribution is -2.20. The summed E-state index contributed by atoms with van der Waals surface area (Å²) < 4.78 is 6.81. The zero-order chi connectivity index (χ0) is 15.1. The Morgan fingerprint density at radius 1 is 1.10 bits per heavy atom. The highest BCUT2D eigenvalue weighted by atomic mass is 79.9. The molecule has 0 spiro atoms. The maximum Gasteiger partial charge on any atom is 0.142 e. The van der Waals surface area contributed by atoms with Gasteiger partial charge in [0.05, 0.1) is 12.3 Å². The van der Waals surface area contributed by atoms with Gasteiger partial charge in [0.2, 0.25) is 0 Å². The lowest BCUT2D eigenvalue weighted by molar-refractivity contribution is 0.259. The average Bonchev–Trinajstić information content (AvgIpc) is 2.48. The van der Waals surface area contributed by atoms with Crippen molar-refractivity contribution in [2.75, 3.05) is 25.9 Å². The van der Waals surface area contributed by atoms with E-state index >= 15 is 0 Å². The molecule has 2 aromatic carbocycles. The summed E-state index contributed by atoms with van der Waals surface area (Å²) in [6, 6.07) is 16.0. The van der Waals surface area contributed by atoms with Gasteiger partial charge in [-0.2, -0.15) is 0 Å². The summed E-state index contributed by atoms with van der Waals surface area (Å²) >= 11 is 3.45. The molecule has 2 N–H and O–H groups in total. The molecule has 4 heteroatoms. The third kappa shape index (κ3) is 5.40. The van der Waals surface area contributed by atoms with Crippen LogP contribution in [-0.4, -0.2) is 25.1 Å². The highest BCUT2D eigenvalue weighted by Crippen LogP contribution is 2.19. The Hall–Kier alpha value is -1.52. The highest BCUT2D eigenvalue weighted by molar-refractivity contribution is 9.10. The van der Waals surface area contributed by atoms with Crippen molar-refractivity contribution in [1.29, 1.82) is 0 Å². The Morgan fingerprint density at radius 3 is 2.52 bits per heavy atom. The second-order valence-corrected chi connectivity index (χ2v) is 6.02. The molecule has 0 radical (unpaired) electrons. The topological polar surface area (TPSA) is 38.5 Å². The van der Waals surface area contributed by atoms with Crippen LogP contribution in [0.2, 0.25) is 0 Å². The van der Waals surface area contributed by atoms with Gasteiger partial charge in [-0.05, 0) is 43.3 Å². The third-order valence-corrected chi connectivity index (χ3v) is 3.76. The van der Waals surface area contributed by atoms with Gasteiger partial charge in [-0.1, -0.05) is 40.2 Å². The van der Waals surface area contributed by atoms with Crippen molar-refractivity contribution in [1.82, 2.24) is 4.90 Å². The zero-order valence-corrected chi connectivity index (χ0v) is 13.8. The van der Waals surface area contributed by atoms with Crippen molar-refractivity contribution in [2.24, 2.45) is 0 Å². The maximum atomic E-state index is 5.84. The van der Waals surface area contributed by atoms with E-state index < -0.39 is 0 Å². The largest absolute Gasteiger partial charge is 0.491 e. The Bertz CT molecular complexity index is 557. The number of ether oxygens (including phenoxy) is 1. The Labute approximate surface area is 134 Å². The van der Waals surface area contributed by atoms with Gasteiger partial charge in [-0.15, -0.1) is 0 Å². The van der Waals surface area contributed by atoms with Crippen LogP contribution < -0.4 is 10.5 Å². The SMILES string of the molecule is CN(CCCOc1ccccc1N)Cc1ccc(Br)cc1. The van der Waals surface area contributed by atoms with E-state index in [4.69, 9.17) is 10.5 Å². The molecule has 0 atom stereocenters. The lowest BCUT2D eigenvalue weighted by Gasteiger charge is -2.17. The van der Waals surface area contributed by atoms with Crippen LogP contribution >= 0.6 is 15.9 Å². The quantitative estimate of drug-likeness (QED) is 0.608. The molecule has 21 heavy (non-hydrogen) atoms. The fourth-order valence-electron chi connectivity index (χ4n) is 2.11. The molecule has 0 fully saturated rings. The number of hydrogen-bond acceptors (Lipinski definition) is 3. The molecule has 0 unspecified atom stereocenters. The van der Waals surface area contributed by atoms with Crippen molar-refractivity contribution >= 4 is 21.6 Å². The minimum Gasteiger partial charge on any atom is -0.491 e. The van der Waals surface area contributed by atoms with E-state index in [9.17, 15) is 0 Å². The predicted molar refractivity (Wildman–Crippen MR) is 91.4 cm³/mol. The number of para-hydroxylation sites is 2.